The minimum absolute atomic E-state index is 0.343. The molecule has 0 aliphatic carbocycles. The van der Waals surface area contributed by atoms with E-state index in [1.807, 2.05) is 18.2 Å². The van der Waals surface area contributed by atoms with Crippen molar-refractivity contribution >= 4 is 23.2 Å². The molecule has 0 radical (unpaired) electrons. The fraction of sp³-hybridized carbons (Fsp3) is 0.143. The maximum Gasteiger partial charge on any atom is 0.129 e. The van der Waals surface area contributed by atoms with Crippen LogP contribution in [0.4, 0.5) is 4.39 Å². The van der Waals surface area contributed by atoms with Crippen LogP contribution in [0.5, 0.6) is 0 Å². The second-order valence-electron chi connectivity index (χ2n) is 4.15. The normalized spacial score (nSPS) is 12.4. The Morgan fingerprint density at radius 3 is 2.37 bits per heavy atom. The second kappa shape index (κ2) is 6.35. The largest absolute Gasteiger partial charge is 0.271 e. The van der Waals surface area contributed by atoms with Gasteiger partial charge in [-0.2, -0.15) is 0 Å². The highest BCUT2D eigenvalue weighted by Gasteiger charge is 2.19. The molecule has 1 unspecified atom stereocenters. The standard InChI is InChI=1S/C14H13Cl2FN2/c15-10-5-2-1-4-9(10)8-13(19-18)14-11(16)6-3-7-12(14)17/h1-7,13,19H,8,18H2. The Labute approximate surface area is 121 Å². The molecule has 0 spiro atoms. The van der Waals surface area contributed by atoms with Crippen LogP contribution < -0.4 is 11.3 Å². The molecule has 19 heavy (non-hydrogen) atoms. The van der Waals surface area contributed by atoms with Crippen molar-refractivity contribution in [1.29, 1.82) is 0 Å². The number of benzene rings is 2. The van der Waals surface area contributed by atoms with Crippen molar-refractivity contribution in [3.8, 4) is 0 Å². The lowest BCUT2D eigenvalue weighted by atomic mass is 9.99. The Hall–Kier alpha value is -1.13. The molecule has 0 aliphatic rings. The van der Waals surface area contributed by atoms with E-state index in [0.29, 0.717) is 22.0 Å². The Morgan fingerprint density at radius 1 is 1.05 bits per heavy atom. The van der Waals surface area contributed by atoms with Gasteiger partial charge >= 0.3 is 0 Å². The predicted molar refractivity (Wildman–Crippen MR) is 76.6 cm³/mol. The van der Waals surface area contributed by atoms with Gasteiger partial charge in [0.05, 0.1) is 6.04 Å². The maximum absolute atomic E-state index is 13.9. The number of hydrogen-bond donors (Lipinski definition) is 2. The van der Waals surface area contributed by atoms with Crippen LogP contribution in [0.25, 0.3) is 0 Å². The minimum atomic E-state index is -0.436. The molecule has 2 aromatic rings. The summed E-state index contributed by atoms with van der Waals surface area (Å²) >= 11 is 12.1. The molecule has 2 rings (SSSR count). The lowest BCUT2D eigenvalue weighted by Crippen LogP contribution is -2.30. The van der Waals surface area contributed by atoms with Gasteiger partial charge in [-0.15, -0.1) is 0 Å². The monoisotopic (exact) mass is 298 g/mol. The van der Waals surface area contributed by atoms with Crippen molar-refractivity contribution in [2.75, 3.05) is 0 Å². The van der Waals surface area contributed by atoms with Crippen molar-refractivity contribution < 1.29 is 4.39 Å². The zero-order chi connectivity index (χ0) is 13.8. The number of nitrogens with one attached hydrogen (secondary N) is 1. The highest BCUT2D eigenvalue weighted by Crippen LogP contribution is 2.29. The van der Waals surface area contributed by atoms with Gasteiger partial charge in [-0.1, -0.05) is 47.5 Å². The van der Waals surface area contributed by atoms with Gasteiger partial charge in [-0.05, 0) is 30.2 Å². The fourth-order valence-corrected chi connectivity index (χ4v) is 2.48. The minimum Gasteiger partial charge on any atom is -0.271 e. The van der Waals surface area contributed by atoms with Crippen molar-refractivity contribution in [3.05, 3.63) is 69.5 Å². The van der Waals surface area contributed by atoms with Crippen LogP contribution in [-0.2, 0) is 6.42 Å². The molecule has 0 bridgehead atoms. The van der Waals surface area contributed by atoms with Crippen LogP contribution in [0.15, 0.2) is 42.5 Å². The quantitative estimate of drug-likeness (QED) is 0.664. The Bertz CT molecular complexity index is 555. The lowest BCUT2D eigenvalue weighted by molar-refractivity contribution is 0.511. The van der Waals surface area contributed by atoms with Crippen LogP contribution in [0.3, 0.4) is 0 Å². The molecule has 0 aromatic heterocycles. The predicted octanol–water partition coefficient (Wildman–Crippen LogP) is 3.88. The fourth-order valence-electron chi connectivity index (χ4n) is 1.97. The van der Waals surface area contributed by atoms with E-state index in [2.05, 4.69) is 5.43 Å². The molecule has 0 amide bonds. The highest BCUT2D eigenvalue weighted by molar-refractivity contribution is 6.31. The molecule has 1 atom stereocenters. The molecule has 0 fully saturated rings. The van der Waals surface area contributed by atoms with E-state index in [4.69, 9.17) is 29.0 Å². The van der Waals surface area contributed by atoms with Gasteiger partial charge < -0.3 is 0 Å². The molecule has 2 aromatic carbocycles. The topological polar surface area (TPSA) is 38.0 Å². The van der Waals surface area contributed by atoms with Gasteiger partial charge in [0.2, 0.25) is 0 Å². The molecule has 0 saturated carbocycles. The maximum atomic E-state index is 13.9. The molecular weight excluding hydrogens is 286 g/mol. The van der Waals surface area contributed by atoms with Crippen LogP contribution in [0.1, 0.15) is 17.2 Å². The average molecular weight is 299 g/mol. The molecule has 3 N–H and O–H groups in total. The Morgan fingerprint density at radius 2 is 1.74 bits per heavy atom. The number of nitrogens with two attached hydrogens (primary N) is 1. The Balaban J connectivity index is 2.34. The van der Waals surface area contributed by atoms with Gasteiger partial charge in [0.1, 0.15) is 5.82 Å². The van der Waals surface area contributed by atoms with Crippen molar-refractivity contribution in [2.24, 2.45) is 5.84 Å². The van der Waals surface area contributed by atoms with E-state index in [1.54, 1.807) is 18.2 Å². The summed E-state index contributed by atoms with van der Waals surface area (Å²) in [4.78, 5) is 0. The molecular formula is C14H13Cl2FN2. The Kier molecular flexibility index (Phi) is 4.77. The number of hydrazine groups is 1. The van der Waals surface area contributed by atoms with Gasteiger partial charge in [-0.25, -0.2) is 4.39 Å². The summed E-state index contributed by atoms with van der Waals surface area (Å²) in [6.07, 6.45) is 0.455. The highest BCUT2D eigenvalue weighted by atomic mass is 35.5. The molecule has 100 valence electrons. The first-order valence-electron chi connectivity index (χ1n) is 5.77. The van der Waals surface area contributed by atoms with Gasteiger partial charge in [0, 0.05) is 15.6 Å². The third kappa shape index (κ3) is 3.25. The van der Waals surface area contributed by atoms with Crippen LogP contribution in [0.2, 0.25) is 10.0 Å². The smallest absolute Gasteiger partial charge is 0.129 e. The first-order valence-corrected chi connectivity index (χ1v) is 6.52. The molecule has 2 nitrogen and oxygen atoms in total. The zero-order valence-electron chi connectivity index (χ0n) is 10.0. The summed E-state index contributed by atoms with van der Waals surface area (Å²) in [7, 11) is 0. The van der Waals surface area contributed by atoms with Crippen molar-refractivity contribution in [3.63, 3.8) is 0 Å². The molecule has 0 heterocycles. The summed E-state index contributed by atoms with van der Waals surface area (Å²) in [6, 6.07) is 11.5. The van der Waals surface area contributed by atoms with E-state index in [1.165, 1.54) is 6.07 Å². The lowest BCUT2D eigenvalue weighted by Gasteiger charge is -2.19. The third-order valence-corrected chi connectivity index (χ3v) is 3.63. The molecule has 0 saturated heterocycles. The second-order valence-corrected chi connectivity index (χ2v) is 4.96. The zero-order valence-corrected chi connectivity index (χ0v) is 11.5. The van der Waals surface area contributed by atoms with Crippen molar-refractivity contribution in [1.82, 2.24) is 5.43 Å². The molecule has 0 aliphatic heterocycles. The summed E-state index contributed by atoms with van der Waals surface area (Å²) in [6.45, 7) is 0. The van der Waals surface area contributed by atoms with Crippen molar-refractivity contribution in [2.45, 2.75) is 12.5 Å². The summed E-state index contributed by atoms with van der Waals surface area (Å²) < 4.78 is 13.9. The third-order valence-electron chi connectivity index (χ3n) is 2.93. The molecule has 5 heteroatoms. The van der Waals surface area contributed by atoms with Crippen LogP contribution in [-0.4, -0.2) is 0 Å². The van der Waals surface area contributed by atoms with E-state index < -0.39 is 6.04 Å². The summed E-state index contributed by atoms with van der Waals surface area (Å²) in [5.74, 6) is 5.14. The first-order chi connectivity index (χ1) is 9.13. The first kappa shape index (κ1) is 14.3. The SMILES string of the molecule is NNC(Cc1ccccc1Cl)c1c(F)cccc1Cl. The van der Waals surface area contributed by atoms with Gasteiger partial charge in [-0.3, -0.25) is 11.3 Å². The number of halogens is 3. The van der Waals surface area contributed by atoms with E-state index in [0.717, 1.165) is 5.56 Å². The van der Waals surface area contributed by atoms with Crippen LogP contribution in [0, 0.1) is 5.82 Å². The van der Waals surface area contributed by atoms with Crippen LogP contribution >= 0.6 is 23.2 Å². The van der Waals surface area contributed by atoms with Gasteiger partial charge in [0.15, 0.2) is 0 Å². The average Bonchev–Trinajstić information content (AvgIpc) is 2.39. The van der Waals surface area contributed by atoms with E-state index >= 15 is 0 Å². The van der Waals surface area contributed by atoms with E-state index in [-0.39, 0.29) is 5.82 Å². The summed E-state index contributed by atoms with van der Waals surface area (Å²) in [5.41, 5.74) is 3.83. The van der Waals surface area contributed by atoms with Gasteiger partial charge in [0.25, 0.3) is 0 Å². The summed E-state index contributed by atoms with van der Waals surface area (Å²) in [5, 5.41) is 0.963. The number of rotatable bonds is 4. The number of hydrogen-bond acceptors (Lipinski definition) is 2. The van der Waals surface area contributed by atoms with E-state index in [9.17, 15) is 4.39 Å².